The number of ether oxygens (including phenoxy) is 1. The zero-order valence-electron chi connectivity index (χ0n) is 14.2. The van der Waals surface area contributed by atoms with Gasteiger partial charge in [0, 0.05) is 5.56 Å². The largest absolute Gasteiger partial charge is 0.489 e. The molecule has 2 aromatic rings. The van der Waals surface area contributed by atoms with Gasteiger partial charge in [-0.3, -0.25) is 4.48 Å². The average Bonchev–Trinajstić information content (AvgIpc) is 2.60. The molecule has 2 rings (SSSR count). The van der Waals surface area contributed by atoms with Crippen molar-refractivity contribution in [1.82, 2.24) is 0 Å². The minimum Gasteiger partial charge on any atom is -0.489 e. The molecule has 3 N–H and O–H groups in total. The molecule has 128 valence electrons. The van der Waals surface area contributed by atoms with E-state index in [9.17, 15) is 4.79 Å². The van der Waals surface area contributed by atoms with Crippen LogP contribution < -0.4 is 10.5 Å². The number of aliphatic hydroxyl groups is 1. The Kier molecular flexibility index (Phi) is 6.09. The third kappa shape index (κ3) is 4.89. The van der Waals surface area contributed by atoms with Gasteiger partial charge in [0.05, 0.1) is 20.7 Å². The molecule has 0 bridgehead atoms. The lowest BCUT2D eigenvalue weighted by molar-refractivity contribution is -0.828. The number of carbonyl (C=O) groups is 1. The van der Waals surface area contributed by atoms with Crippen molar-refractivity contribution in [3.05, 3.63) is 65.7 Å². The summed E-state index contributed by atoms with van der Waals surface area (Å²) in [4.78, 5) is 12.2. The Morgan fingerprint density at radius 2 is 1.71 bits per heavy atom. The van der Waals surface area contributed by atoms with Gasteiger partial charge in [-0.25, -0.2) is 4.79 Å². The van der Waals surface area contributed by atoms with Crippen LogP contribution in [0.25, 0.3) is 0 Å². The van der Waals surface area contributed by atoms with Gasteiger partial charge in [0.1, 0.15) is 24.9 Å². The van der Waals surface area contributed by atoms with Gasteiger partial charge in [-0.15, -0.1) is 0 Å². The van der Waals surface area contributed by atoms with E-state index in [1.54, 1.807) is 14.1 Å². The molecule has 0 heterocycles. The first-order chi connectivity index (χ1) is 11.4. The second-order valence-electron chi connectivity index (χ2n) is 6.39. The smallest absolute Gasteiger partial charge is 0.332 e. The predicted octanol–water partition coefficient (Wildman–Crippen LogP) is 1.69. The Morgan fingerprint density at radius 1 is 1.08 bits per heavy atom. The second-order valence-corrected chi connectivity index (χ2v) is 6.39. The van der Waals surface area contributed by atoms with Crippen LogP contribution in [-0.4, -0.2) is 42.2 Å². The van der Waals surface area contributed by atoms with Gasteiger partial charge in [-0.05, 0) is 29.8 Å². The quantitative estimate of drug-likeness (QED) is 0.758. The first-order valence-electron chi connectivity index (χ1n) is 7.92. The summed E-state index contributed by atoms with van der Waals surface area (Å²) in [6.45, 7) is 0.684. The number of benzene rings is 2. The van der Waals surface area contributed by atoms with Crippen molar-refractivity contribution in [3.63, 3.8) is 0 Å². The van der Waals surface area contributed by atoms with Crippen LogP contribution in [0.5, 0.6) is 5.75 Å². The van der Waals surface area contributed by atoms with E-state index in [2.05, 4.69) is 0 Å². The number of aliphatic hydroxyl groups excluding tert-OH is 1. The molecule has 0 spiro atoms. The van der Waals surface area contributed by atoms with Crippen molar-refractivity contribution in [3.8, 4) is 5.75 Å². The maximum absolute atomic E-state index is 12.2. The SMILES string of the molecule is C[N+](C)(Cc1ccc(OCc2ccccc2)cc1)C(=O)C(N)CO. The number of quaternary nitrogens is 1. The molecule has 2 aromatic carbocycles. The van der Waals surface area contributed by atoms with Crippen LogP contribution in [0.1, 0.15) is 11.1 Å². The fraction of sp³-hybridized carbons (Fsp3) is 0.316. The van der Waals surface area contributed by atoms with Crippen molar-refractivity contribution in [2.24, 2.45) is 5.73 Å². The van der Waals surface area contributed by atoms with E-state index in [4.69, 9.17) is 15.6 Å². The highest BCUT2D eigenvalue weighted by atomic mass is 16.5. The molecule has 0 fully saturated rings. The Morgan fingerprint density at radius 3 is 2.29 bits per heavy atom. The maximum atomic E-state index is 12.2. The van der Waals surface area contributed by atoms with Gasteiger partial charge >= 0.3 is 5.91 Å². The van der Waals surface area contributed by atoms with Gasteiger partial charge in [0.2, 0.25) is 0 Å². The van der Waals surface area contributed by atoms with Gasteiger partial charge in [-0.2, -0.15) is 0 Å². The van der Waals surface area contributed by atoms with E-state index < -0.39 is 6.04 Å². The highest BCUT2D eigenvalue weighted by Crippen LogP contribution is 2.17. The summed E-state index contributed by atoms with van der Waals surface area (Å²) in [5, 5.41) is 9.05. The molecule has 24 heavy (non-hydrogen) atoms. The van der Waals surface area contributed by atoms with Crippen molar-refractivity contribution in [2.45, 2.75) is 19.2 Å². The van der Waals surface area contributed by atoms with Crippen molar-refractivity contribution in [1.29, 1.82) is 0 Å². The Balaban J connectivity index is 1.95. The molecule has 0 saturated heterocycles. The van der Waals surface area contributed by atoms with Crippen LogP contribution in [0.15, 0.2) is 54.6 Å². The normalized spacial score (nSPS) is 12.7. The standard InChI is InChI=1S/C19H25N2O3/c1-21(2,19(23)18(20)13-22)12-15-8-10-17(11-9-15)24-14-16-6-4-3-5-7-16/h3-11,18,22H,12-14,20H2,1-2H3/q+1. The molecule has 0 aliphatic rings. The number of hydrogen-bond acceptors (Lipinski definition) is 4. The molecule has 0 aromatic heterocycles. The Hall–Kier alpha value is -2.21. The second kappa shape index (κ2) is 8.06. The van der Waals surface area contributed by atoms with Crippen LogP contribution in [0.4, 0.5) is 0 Å². The van der Waals surface area contributed by atoms with Gasteiger partial charge in [0.15, 0.2) is 0 Å². The van der Waals surface area contributed by atoms with E-state index in [0.29, 0.717) is 13.2 Å². The summed E-state index contributed by atoms with van der Waals surface area (Å²) in [6, 6.07) is 16.8. The molecule has 0 radical (unpaired) electrons. The fourth-order valence-corrected chi connectivity index (χ4v) is 2.49. The maximum Gasteiger partial charge on any atom is 0.332 e. The van der Waals surface area contributed by atoms with Crippen LogP contribution in [0.2, 0.25) is 0 Å². The lowest BCUT2D eigenvalue weighted by atomic mass is 10.1. The molecular formula is C19H25N2O3+. The number of carbonyl (C=O) groups excluding carboxylic acids is 1. The van der Waals surface area contributed by atoms with Crippen molar-refractivity contribution < 1.29 is 19.1 Å². The fourth-order valence-electron chi connectivity index (χ4n) is 2.49. The van der Waals surface area contributed by atoms with E-state index in [-0.39, 0.29) is 17.0 Å². The van der Waals surface area contributed by atoms with Gasteiger partial charge in [-0.1, -0.05) is 30.3 Å². The lowest BCUT2D eigenvalue weighted by Crippen LogP contribution is -2.54. The van der Waals surface area contributed by atoms with Crippen LogP contribution in [-0.2, 0) is 17.9 Å². The average molecular weight is 329 g/mol. The molecule has 0 saturated carbocycles. The van der Waals surface area contributed by atoms with Gasteiger partial charge < -0.3 is 15.6 Å². The summed E-state index contributed by atoms with van der Waals surface area (Å²) in [5.41, 5.74) is 7.76. The van der Waals surface area contributed by atoms with Crippen LogP contribution in [0.3, 0.4) is 0 Å². The van der Waals surface area contributed by atoms with E-state index >= 15 is 0 Å². The summed E-state index contributed by atoms with van der Waals surface area (Å²) in [7, 11) is 3.58. The number of likely N-dealkylation sites (N-methyl/N-ethyl adjacent to an activating group) is 1. The third-order valence-corrected chi connectivity index (χ3v) is 3.86. The molecule has 1 atom stereocenters. The number of rotatable bonds is 7. The number of nitrogens with zero attached hydrogens (tertiary/aromatic N) is 1. The molecular weight excluding hydrogens is 304 g/mol. The highest BCUT2D eigenvalue weighted by Gasteiger charge is 2.31. The summed E-state index contributed by atoms with van der Waals surface area (Å²) in [6.07, 6.45) is 0. The van der Waals surface area contributed by atoms with Crippen molar-refractivity contribution in [2.75, 3.05) is 20.7 Å². The zero-order valence-corrected chi connectivity index (χ0v) is 14.2. The van der Waals surface area contributed by atoms with E-state index in [0.717, 1.165) is 16.9 Å². The summed E-state index contributed by atoms with van der Waals surface area (Å²) < 4.78 is 5.84. The molecule has 0 aliphatic heterocycles. The molecule has 1 unspecified atom stereocenters. The monoisotopic (exact) mass is 329 g/mol. The molecule has 1 amide bonds. The zero-order chi connectivity index (χ0) is 17.6. The van der Waals surface area contributed by atoms with Crippen LogP contribution >= 0.6 is 0 Å². The number of nitrogens with two attached hydrogens (primary N) is 1. The van der Waals surface area contributed by atoms with Crippen molar-refractivity contribution >= 4 is 5.91 Å². The topological polar surface area (TPSA) is 72.5 Å². The van der Waals surface area contributed by atoms with E-state index in [1.807, 2.05) is 54.6 Å². The van der Waals surface area contributed by atoms with Crippen LogP contribution in [0, 0.1) is 0 Å². The molecule has 5 heteroatoms. The first kappa shape index (κ1) is 18.1. The van der Waals surface area contributed by atoms with E-state index in [1.165, 1.54) is 0 Å². The summed E-state index contributed by atoms with van der Waals surface area (Å²) in [5.74, 6) is 0.591. The minimum atomic E-state index is -0.853. The Labute approximate surface area is 142 Å². The molecule has 5 nitrogen and oxygen atoms in total. The highest BCUT2D eigenvalue weighted by molar-refractivity contribution is 5.74. The minimum absolute atomic E-state index is 0.0892. The predicted molar refractivity (Wildman–Crippen MR) is 93.1 cm³/mol. The molecule has 0 aliphatic carbocycles. The number of hydrogen-bond donors (Lipinski definition) is 2. The third-order valence-electron chi connectivity index (χ3n) is 3.86. The lowest BCUT2D eigenvalue weighted by Gasteiger charge is -2.28. The van der Waals surface area contributed by atoms with Gasteiger partial charge in [0.25, 0.3) is 0 Å². The summed E-state index contributed by atoms with van der Waals surface area (Å²) >= 11 is 0. The first-order valence-corrected chi connectivity index (χ1v) is 7.92. The Bertz CT molecular complexity index is 654. The number of amides is 1.